The first kappa shape index (κ1) is 23.6. The van der Waals surface area contributed by atoms with E-state index in [1.165, 1.54) is 5.56 Å². The number of hydrogen-bond donors (Lipinski definition) is 1. The van der Waals surface area contributed by atoms with E-state index in [1.807, 2.05) is 71.6 Å². The fraction of sp³-hybridized carbons (Fsp3) is 0.310. The van der Waals surface area contributed by atoms with Crippen molar-refractivity contribution in [1.29, 1.82) is 0 Å². The summed E-state index contributed by atoms with van der Waals surface area (Å²) in [6.45, 7) is 3.94. The first-order valence-electron chi connectivity index (χ1n) is 12.0. The molecule has 1 aliphatic heterocycles. The molecule has 0 spiro atoms. The van der Waals surface area contributed by atoms with Crippen LogP contribution in [0.2, 0.25) is 0 Å². The molecular formula is C29H32N2O3. The minimum absolute atomic E-state index is 0.0815. The lowest BCUT2D eigenvalue weighted by molar-refractivity contribution is 0.0706. The van der Waals surface area contributed by atoms with E-state index in [4.69, 9.17) is 4.74 Å². The molecule has 3 aromatic rings. The highest BCUT2D eigenvalue weighted by atomic mass is 16.5. The summed E-state index contributed by atoms with van der Waals surface area (Å²) in [5, 5.41) is 2.99. The van der Waals surface area contributed by atoms with Crippen molar-refractivity contribution in [3.8, 4) is 5.75 Å². The number of aryl methyl sites for hydroxylation is 1. The van der Waals surface area contributed by atoms with Gasteiger partial charge in [-0.3, -0.25) is 9.59 Å². The van der Waals surface area contributed by atoms with Crippen molar-refractivity contribution in [1.82, 2.24) is 10.2 Å². The minimum atomic E-state index is -0.118. The molecule has 1 aliphatic rings. The highest BCUT2D eigenvalue weighted by molar-refractivity contribution is 5.95. The molecule has 1 atom stereocenters. The third-order valence-electron chi connectivity index (χ3n) is 6.57. The summed E-state index contributed by atoms with van der Waals surface area (Å²) >= 11 is 0. The summed E-state index contributed by atoms with van der Waals surface area (Å²) in [5.41, 5.74) is 4.63. The maximum atomic E-state index is 13.1. The number of para-hydroxylation sites is 1. The van der Waals surface area contributed by atoms with Gasteiger partial charge in [-0.2, -0.15) is 0 Å². The van der Waals surface area contributed by atoms with E-state index in [9.17, 15) is 9.59 Å². The first-order chi connectivity index (χ1) is 16.6. The maximum absolute atomic E-state index is 13.1. The van der Waals surface area contributed by atoms with Crippen LogP contribution in [-0.4, -0.2) is 36.9 Å². The van der Waals surface area contributed by atoms with Crippen molar-refractivity contribution in [2.45, 2.75) is 38.6 Å². The van der Waals surface area contributed by atoms with Crippen LogP contribution in [0.3, 0.4) is 0 Å². The van der Waals surface area contributed by atoms with E-state index in [2.05, 4.69) is 18.3 Å². The number of hydrogen-bond acceptors (Lipinski definition) is 3. The molecule has 2 amide bonds. The number of carbonyl (C=O) groups excluding carboxylic acids is 2. The Morgan fingerprint density at radius 2 is 1.79 bits per heavy atom. The molecule has 4 rings (SSSR count). The van der Waals surface area contributed by atoms with Gasteiger partial charge >= 0.3 is 0 Å². The molecule has 0 saturated carbocycles. The van der Waals surface area contributed by atoms with E-state index < -0.39 is 0 Å². The highest BCUT2D eigenvalue weighted by Gasteiger charge is 2.26. The van der Waals surface area contributed by atoms with Gasteiger partial charge < -0.3 is 15.0 Å². The van der Waals surface area contributed by atoms with Gasteiger partial charge in [-0.05, 0) is 60.7 Å². The van der Waals surface area contributed by atoms with E-state index in [-0.39, 0.29) is 17.7 Å². The standard InChI is InChI=1S/C29H32N2O3/c1-3-21-13-15-22(16-14-21)29(33)31-17-7-11-26(20-31)23-9-6-10-24(18-23)28(32)30-19-25-8-4-5-12-27(25)34-2/h4-6,8-10,12-16,18,26H,3,7,11,17,19-20H2,1-2H3,(H,30,32)/t26-/m0/s1. The van der Waals surface area contributed by atoms with Crippen molar-refractivity contribution < 1.29 is 14.3 Å². The molecule has 0 aliphatic carbocycles. The Morgan fingerprint density at radius 1 is 1.00 bits per heavy atom. The lowest BCUT2D eigenvalue weighted by atomic mass is 9.89. The fourth-order valence-corrected chi connectivity index (χ4v) is 4.56. The lowest BCUT2D eigenvalue weighted by Gasteiger charge is -2.33. The van der Waals surface area contributed by atoms with E-state index >= 15 is 0 Å². The zero-order valence-electron chi connectivity index (χ0n) is 19.9. The minimum Gasteiger partial charge on any atom is -0.496 e. The van der Waals surface area contributed by atoms with Crippen LogP contribution < -0.4 is 10.1 Å². The van der Waals surface area contributed by atoms with Gasteiger partial charge in [0, 0.05) is 42.2 Å². The second-order valence-corrected chi connectivity index (χ2v) is 8.76. The Kier molecular flexibility index (Phi) is 7.63. The van der Waals surface area contributed by atoms with Crippen LogP contribution in [0.4, 0.5) is 0 Å². The largest absolute Gasteiger partial charge is 0.496 e. The molecule has 1 fully saturated rings. The molecule has 0 radical (unpaired) electrons. The summed E-state index contributed by atoms with van der Waals surface area (Å²) in [4.78, 5) is 27.9. The van der Waals surface area contributed by atoms with Crippen LogP contribution in [-0.2, 0) is 13.0 Å². The van der Waals surface area contributed by atoms with Crippen LogP contribution >= 0.6 is 0 Å². The Balaban J connectivity index is 1.42. The molecule has 1 heterocycles. The summed E-state index contributed by atoms with van der Waals surface area (Å²) in [6.07, 6.45) is 2.92. The Hall–Kier alpha value is -3.60. The number of amides is 2. The quantitative estimate of drug-likeness (QED) is 0.531. The third-order valence-corrected chi connectivity index (χ3v) is 6.57. The van der Waals surface area contributed by atoms with Gasteiger partial charge in [-0.25, -0.2) is 0 Å². The van der Waals surface area contributed by atoms with Gasteiger partial charge in [0.2, 0.25) is 0 Å². The Bertz CT molecular complexity index is 1140. The number of rotatable bonds is 7. The lowest BCUT2D eigenvalue weighted by Crippen LogP contribution is -2.39. The van der Waals surface area contributed by atoms with Crippen molar-refractivity contribution >= 4 is 11.8 Å². The number of nitrogens with one attached hydrogen (secondary N) is 1. The maximum Gasteiger partial charge on any atom is 0.253 e. The normalized spacial score (nSPS) is 15.6. The number of carbonyl (C=O) groups is 2. The molecule has 1 N–H and O–H groups in total. The number of likely N-dealkylation sites (tertiary alicyclic amines) is 1. The summed E-state index contributed by atoms with van der Waals surface area (Å²) in [5.74, 6) is 0.938. The van der Waals surface area contributed by atoms with Crippen molar-refractivity contribution in [3.05, 3.63) is 101 Å². The van der Waals surface area contributed by atoms with Crippen LogP contribution in [0.25, 0.3) is 0 Å². The molecule has 0 unspecified atom stereocenters. The topological polar surface area (TPSA) is 58.6 Å². The molecule has 0 aromatic heterocycles. The predicted molar refractivity (Wildman–Crippen MR) is 134 cm³/mol. The molecule has 0 bridgehead atoms. The average molecular weight is 457 g/mol. The van der Waals surface area contributed by atoms with Gasteiger partial charge in [-0.15, -0.1) is 0 Å². The molecule has 5 nitrogen and oxygen atoms in total. The number of ether oxygens (including phenoxy) is 1. The van der Waals surface area contributed by atoms with E-state index in [1.54, 1.807) is 7.11 Å². The number of piperidine rings is 1. The van der Waals surface area contributed by atoms with Gasteiger partial charge in [0.05, 0.1) is 7.11 Å². The van der Waals surface area contributed by atoms with Gasteiger partial charge in [0.25, 0.3) is 11.8 Å². The van der Waals surface area contributed by atoms with Crippen LogP contribution in [0.5, 0.6) is 5.75 Å². The molecule has 1 saturated heterocycles. The van der Waals surface area contributed by atoms with Crippen molar-refractivity contribution in [2.75, 3.05) is 20.2 Å². The molecule has 34 heavy (non-hydrogen) atoms. The van der Waals surface area contributed by atoms with Gasteiger partial charge in [0.1, 0.15) is 5.75 Å². The third kappa shape index (κ3) is 5.48. The zero-order valence-corrected chi connectivity index (χ0v) is 19.9. The number of benzene rings is 3. The molecular weight excluding hydrogens is 424 g/mol. The van der Waals surface area contributed by atoms with E-state index in [0.717, 1.165) is 48.2 Å². The average Bonchev–Trinajstić information content (AvgIpc) is 2.91. The summed E-state index contributed by atoms with van der Waals surface area (Å²) in [7, 11) is 1.63. The Labute approximate surface area is 201 Å². The number of methoxy groups -OCH3 is 1. The van der Waals surface area contributed by atoms with Crippen LogP contribution in [0, 0.1) is 0 Å². The second kappa shape index (κ2) is 11.0. The monoisotopic (exact) mass is 456 g/mol. The first-order valence-corrected chi connectivity index (χ1v) is 12.0. The molecule has 176 valence electrons. The van der Waals surface area contributed by atoms with Crippen LogP contribution in [0.15, 0.2) is 72.8 Å². The van der Waals surface area contributed by atoms with Crippen molar-refractivity contribution in [3.63, 3.8) is 0 Å². The smallest absolute Gasteiger partial charge is 0.253 e. The summed E-state index contributed by atoms with van der Waals surface area (Å²) in [6, 6.07) is 23.4. The zero-order chi connectivity index (χ0) is 23.9. The highest BCUT2D eigenvalue weighted by Crippen LogP contribution is 2.28. The van der Waals surface area contributed by atoms with Gasteiger partial charge in [0.15, 0.2) is 0 Å². The number of nitrogens with zero attached hydrogens (tertiary/aromatic N) is 1. The molecule has 5 heteroatoms. The Morgan fingerprint density at radius 3 is 2.56 bits per heavy atom. The summed E-state index contributed by atoms with van der Waals surface area (Å²) < 4.78 is 5.37. The molecule has 3 aromatic carbocycles. The fourth-order valence-electron chi connectivity index (χ4n) is 4.56. The second-order valence-electron chi connectivity index (χ2n) is 8.76. The van der Waals surface area contributed by atoms with E-state index in [0.29, 0.717) is 18.7 Å². The van der Waals surface area contributed by atoms with Crippen molar-refractivity contribution in [2.24, 2.45) is 0 Å². The van der Waals surface area contributed by atoms with Crippen LogP contribution in [0.1, 0.15) is 63.1 Å². The van der Waals surface area contributed by atoms with Gasteiger partial charge in [-0.1, -0.05) is 49.4 Å². The predicted octanol–water partition coefficient (Wildman–Crippen LogP) is 5.21. The SMILES string of the molecule is CCc1ccc(C(=O)N2CCC[C@H](c3cccc(C(=O)NCc4ccccc4OC)c3)C2)cc1.